The van der Waals surface area contributed by atoms with E-state index in [2.05, 4.69) is 20.9 Å². The molecule has 2 aromatic carbocycles. The van der Waals surface area contributed by atoms with E-state index >= 15 is 0 Å². The number of carbonyl (C=O) groups excluding carboxylic acids is 2. The van der Waals surface area contributed by atoms with Crippen LogP contribution >= 0.6 is 27.3 Å². The zero-order valence-corrected chi connectivity index (χ0v) is 22.3. The minimum atomic E-state index is -0.660. The summed E-state index contributed by atoms with van der Waals surface area (Å²) in [6.45, 7) is 5.08. The van der Waals surface area contributed by atoms with Crippen LogP contribution in [0.25, 0.3) is 6.08 Å². The van der Waals surface area contributed by atoms with E-state index in [0.717, 1.165) is 11.1 Å². The first-order valence-corrected chi connectivity index (χ1v) is 12.8. The Bertz CT molecular complexity index is 1540. The number of carbonyl (C=O) groups is 2. The van der Waals surface area contributed by atoms with Crippen molar-refractivity contribution in [3.05, 3.63) is 95.1 Å². The van der Waals surface area contributed by atoms with Gasteiger partial charge in [0.15, 0.2) is 11.4 Å². The van der Waals surface area contributed by atoms with E-state index in [4.69, 9.17) is 15.2 Å². The van der Waals surface area contributed by atoms with E-state index in [-0.39, 0.29) is 18.3 Å². The van der Waals surface area contributed by atoms with Crippen molar-refractivity contribution in [1.29, 1.82) is 0 Å². The average molecular weight is 570 g/mol. The lowest BCUT2D eigenvalue weighted by Gasteiger charge is -2.25. The Kier molecular flexibility index (Phi) is 7.56. The monoisotopic (exact) mass is 569 g/mol. The molecule has 2 heterocycles. The summed E-state index contributed by atoms with van der Waals surface area (Å²) in [5.74, 6) is -0.614. The van der Waals surface area contributed by atoms with Crippen molar-refractivity contribution < 1.29 is 19.1 Å². The molecule has 1 aromatic heterocycles. The predicted molar refractivity (Wildman–Crippen MR) is 140 cm³/mol. The first kappa shape index (κ1) is 25.6. The minimum Gasteiger partial charge on any atom is -0.483 e. The van der Waals surface area contributed by atoms with E-state index < -0.39 is 17.9 Å². The summed E-state index contributed by atoms with van der Waals surface area (Å²) >= 11 is 4.67. The van der Waals surface area contributed by atoms with Crippen LogP contribution in [0, 0.1) is 0 Å². The second-order valence-corrected chi connectivity index (χ2v) is 10.3. The third kappa shape index (κ3) is 5.34. The SMILES string of the molecule is CC1=C(C(=O)OC(C)C)C(c2ccccc2)n2c(sc(=Cc3ccc(OCC(N)=O)c(Br)c3)c2=O)=N1. The molecule has 0 radical (unpaired) electrons. The van der Waals surface area contributed by atoms with Crippen molar-refractivity contribution in [1.82, 2.24) is 4.57 Å². The van der Waals surface area contributed by atoms with Crippen molar-refractivity contribution in [2.24, 2.45) is 10.7 Å². The number of rotatable bonds is 7. The highest BCUT2D eigenvalue weighted by Gasteiger charge is 2.33. The summed E-state index contributed by atoms with van der Waals surface area (Å²) in [5.41, 5.74) is 7.26. The van der Waals surface area contributed by atoms with E-state index in [1.807, 2.05) is 30.3 Å². The molecule has 0 spiro atoms. The van der Waals surface area contributed by atoms with Crippen LogP contribution in [0.5, 0.6) is 5.75 Å². The first-order valence-electron chi connectivity index (χ1n) is 11.1. The Morgan fingerprint density at radius 3 is 2.58 bits per heavy atom. The highest BCUT2D eigenvalue weighted by molar-refractivity contribution is 9.10. The fourth-order valence-electron chi connectivity index (χ4n) is 3.84. The number of nitrogens with two attached hydrogens (primary N) is 1. The molecule has 0 saturated carbocycles. The molecule has 1 unspecified atom stereocenters. The molecule has 1 amide bonds. The molecule has 8 nitrogen and oxygen atoms in total. The van der Waals surface area contributed by atoms with E-state index in [1.54, 1.807) is 49.6 Å². The molecule has 186 valence electrons. The predicted octanol–water partition coefficient (Wildman–Crippen LogP) is 2.81. The Balaban J connectivity index is 1.82. The summed E-state index contributed by atoms with van der Waals surface area (Å²) in [6, 6.07) is 13.9. The summed E-state index contributed by atoms with van der Waals surface area (Å²) in [6.07, 6.45) is 1.44. The highest BCUT2D eigenvalue weighted by Crippen LogP contribution is 2.31. The Morgan fingerprint density at radius 1 is 1.22 bits per heavy atom. The number of thiazole rings is 1. The largest absolute Gasteiger partial charge is 0.483 e. The summed E-state index contributed by atoms with van der Waals surface area (Å²) in [7, 11) is 0. The van der Waals surface area contributed by atoms with Crippen LogP contribution in [0.15, 0.2) is 74.1 Å². The fraction of sp³-hybridized carbons (Fsp3) is 0.231. The zero-order valence-electron chi connectivity index (χ0n) is 19.9. The van der Waals surface area contributed by atoms with Crippen molar-refractivity contribution in [3.8, 4) is 5.75 Å². The molecule has 4 rings (SSSR count). The van der Waals surface area contributed by atoms with Gasteiger partial charge in [0.05, 0.1) is 32.4 Å². The van der Waals surface area contributed by atoms with Crippen LogP contribution < -0.4 is 25.4 Å². The van der Waals surface area contributed by atoms with Gasteiger partial charge in [0.25, 0.3) is 11.5 Å². The molecule has 2 N–H and O–H groups in total. The number of halogens is 1. The van der Waals surface area contributed by atoms with Gasteiger partial charge in [0, 0.05) is 0 Å². The molecular formula is C26H24BrN3O5S. The molecule has 1 aliphatic heterocycles. The van der Waals surface area contributed by atoms with Gasteiger partial charge in [0.2, 0.25) is 0 Å². The summed E-state index contributed by atoms with van der Waals surface area (Å²) in [5, 5.41) is 0. The van der Waals surface area contributed by atoms with Crippen molar-refractivity contribution in [2.75, 3.05) is 6.61 Å². The second-order valence-electron chi connectivity index (χ2n) is 8.39. The Morgan fingerprint density at radius 2 is 1.94 bits per heavy atom. The molecule has 1 aliphatic rings. The van der Waals surface area contributed by atoms with Gasteiger partial charge in [-0.3, -0.25) is 14.2 Å². The molecular weight excluding hydrogens is 546 g/mol. The number of primary amides is 1. The van der Waals surface area contributed by atoms with Crippen molar-refractivity contribution >= 4 is 45.2 Å². The smallest absolute Gasteiger partial charge is 0.338 e. The topological polar surface area (TPSA) is 113 Å². The maximum Gasteiger partial charge on any atom is 0.338 e. The van der Waals surface area contributed by atoms with Crippen LogP contribution in [0.2, 0.25) is 0 Å². The Hall–Kier alpha value is -3.50. The quantitative estimate of drug-likeness (QED) is 0.439. The summed E-state index contributed by atoms with van der Waals surface area (Å²) < 4.78 is 13.5. The van der Waals surface area contributed by atoms with Gasteiger partial charge < -0.3 is 15.2 Å². The van der Waals surface area contributed by atoms with Gasteiger partial charge in [-0.25, -0.2) is 9.79 Å². The van der Waals surface area contributed by atoms with E-state index in [0.29, 0.717) is 30.8 Å². The number of hydrogen-bond acceptors (Lipinski definition) is 7. The maximum absolute atomic E-state index is 13.6. The molecule has 0 aliphatic carbocycles. The zero-order chi connectivity index (χ0) is 26.0. The van der Waals surface area contributed by atoms with Crippen LogP contribution in [-0.2, 0) is 14.3 Å². The van der Waals surface area contributed by atoms with Crippen LogP contribution in [0.3, 0.4) is 0 Å². The van der Waals surface area contributed by atoms with Gasteiger partial charge in [-0.15, -0.1) is 0 Å². The number of ether oxygens (including phenoxy) is 2. The number of allylic oxidation sites excluding steroid dienone is 1. The van der Waals surface area contributed by atoms with Gasteiger partial charge >= 0.3 is 5.97 Å². The van der Waals surface area contributed by atoms with Crippen LogP contribution in [-0.4, -0.2) is 29.2 Å². The first-order chi connectivity index (χ1) is 17.2. The number of amides is 1. The number of nitrogens with zero attached hydrogens (tertiary/aromatic N) is 2. The molecule has 0 bridgehead atoms. The van der Waals surface area contributed by atoms with Gasteiger partial charge in [-0.05, 0) is 66.0 Å². The number of esters is 1. The second kappa shape index (κ2) is 10.6. The maximum atomic E-state index is 13.6. The standard InChI is InChI=1S/C26H24BrN3O5S/c1-14(2)35-25(33)22-15(3)29-26-30(23(22)17-7-5-4-6-8-17)24(32)20(36-26)12-16-9-10-19(18(27)11-16)34-13-21(28)31/h4-12,14,23H,13H2,1-3H3,(H2,28,31). The summed E-state index contributed by atoms with van der Waals surface area (Å²) in [4.78, 5) is 42.8. The number of fused-ring (bicyclic) bond motifs is 1. The minimum absolute atomic E-state index is 0.239. The highest BCUT2D eigenvalue weighted by atomic mass is 79.9. The Labute approximate surface area is 219 Å². The molecule has 10 heteroatoms. The normalized spacial score (nSPS) is 15.5. The molecule has 3 aromatic rings. The lowest BCUT2D eigenvalue weighted by molar-refractivity contribution is -0.143. The number of hydrogen-bond donors (Lipinski definition) is 1. The van der Waals surface area contributed by atoms with E-state index in [1.165, 1.54) is 11.3 Å². The third-order valence-corrected chi connectivity index (χ3v) is 6.93. The lowest BCUT2D eigenvalue weighted by atomic mass is 9.96. The van der Waals surface area contributed by atoms with Gasteiger partial charge in [0.1, 0.15) is 5.75 Å². The van der Waals surface area contributed by atoms with E-state index in [9.17, 15) is 14.4 Å². The van der Waals surface area contributed by atoms with Crippen LogP contribution in [0.4, 0.5) is 0 Å². The fourth-order valence-corrected chi connectivity index (χ4v) is 5.39. The van der Waals surface area contributed by atoms with Crippen molar-refractivity contribution in [3.63, 3.8) is 0 Å². The molecule has 0 fully saturated rings. The van der Waals surface area contributed by atoms with Gasteiger partial charge in [-0.2, -0.15) is 0 Å². The number of benzene rings is 2. The average Bonchev–Trinajstić information content (AvgIpc) is 3.12. The third-order valence-electron chi connectivity index (χ3n) is 5.32. The molecule has 1 atom stereocenters. The molecule has 36 heavy (non-hydrogen) atoms. The number of aromatic nitrogens is 1. The van der Waals surface area contributed by atoms with Crippen molar-refractivity contribution in [2.45, 2.75) is 32.9 Å². The van der Waals surface area contributed by atoms with Gasteiger partial charge in [-0.1, -0.05) is 47.7 Å². The molecule has 0 saturated heterocycles. The lowest BCUT2D eigenvalue weighted by Crippen LogP contribution is -2.40. The van der Waals surface area contributed by atoms with Crippen LogP contribution in [0.1, 0.15) is 37.9 Å².